The minimum atomic E-state index is -0.454. The number of anilines is 1. The second-order valence-corrected chi connectivity index (χ2v) is 6.59. The van der Waals surface area contributed by atoms with Crippen LogP contribution in [0.2, 0.25) is 0 Å². The molecule has 2 aromatic rings. The number of hydrogen-bond donors (Lipinski definition) is 1. The van der Waals surface area contributed by atoms with Gasteiger partial charge in [0.2, 0.25) is 5.91 Å². The number of carbonyl (C=O) groups excluding carboxylic acids is 3. The summed E-state index contributed by atoms with van der Waals surface area (Å²) in [6, 6.07) is 13.7. The quantitative estimate of drug-likeness (QED) is 0.321. The fourth-order valence-electron chi connectivity index (χ4n) is 2.57. The van der Waals surface area contributed by atoms with Gasteiger partial charge in [-0.3, -0.25) is 14.4 Å². The number of methoxy groups -OCH3 is 1. The Bertz CT molecular complexity index is 830. The van der Waals surface area contributed by atoms with Crippen molar-refractivity contribution in [2.45, 2.75) is 32.6 Å². The van der Waals surface area contributed by atoms with Gasteiger partial charge in [-0.05, 0) is 61.4 Å². The fraction of sp³-hybridized carbons (Fsp3) is 0.348. The van der Waals surface area contributed by atoms with Gasteiger partial charge in [0.05, 0.1) is 13.7 Å². The largest absolute Gasteiger partial charge is 0.497 e. The van der Waals surface area contributed by atoms with E-state index < -0.39 is 5.97 Å². The van der Waals surface area contributed by atoms with Crippen LogP contribution in [0.1, 0.15) is 43.0 Å². The third-order valence-electron chi connectivity index (χ3n) is 4.19. The average Bonchev–Trinajstić information content (AvgIpc) is 2.76. The summed E-state index contributed by atoms with van der Waals surface area (Å²) < 4.78 is 15.7. The second-order valence-electron chi connectivity index (χ2n) is 6.59. The Labute approximate surface area is 176 Å². The predicted molar refractivity (Wildman–Crippen MR) is 113 cm³/mol. The van der Waals surface area contributed by atoms with E-state index in [0.29, 0.717) is 36.4 Å². The Morgan fingerprint density at radius 1 is 0.900 bits per heavy atom. The standard InChI is InChI=1S/C23H27NO6/c1-3-5-22(26)24-18-9-7-17(8-10-18)21(25)16-30-23(27)6-4-15-29-20-13-11-19(28-2)12-14-20/h7-14H,3-6,15-16H2,1-2H3,(H,24,26). The summed E-state index contributed by atoms with van der Waals surface area (Å²) in [7, 11) is 1.59. The van der Waals surface area contributed by atoms with Crippen LogP contribution in [-0.4, -0.2) is 38.0 Å². The maximum atomic E-state index is 12.2. The third kappa shape index (κ3) is 7.95. The molecule has 0 aliphatic carbocycles. The molecule has 1 N–H and O–H groups in total. The maximum Gasteiger partial charge on any atom is 0.306 e. The van der Waals surface area contributed by atoms with Crippen LogP contribution in [0.3, 0.4) is 0 Å². The van der Waals surface area contributed by atoms with Gasteiger partial charge in [-0.1, -0.05) is 6.92 Å². The van der Waals surface area contributed by atoms with Gasteiger partial charge >= 0.3 is 5.97 Å². The lowest BCUT2D eigenvalue weighted by molar-refractivity contribution is -0.142. The summed E-state index contributed by atoms with van der Waals surface area (Å²) in [5, 5.41) is 2.75. The number of carbonyl (C=O) groups is 3. The summed E-state index contributed by atoms with van der Waals surface area (Å²) in [6.45, 7) is 1.97. The topological polar surface area (TPSA) is 90.9 Å². The molecule has 160 valence electrons. The van der Waals surface area contributed by atoms with Crippen LogP contribution in [0.25, 0.3) is 0 Å². The lowest BCUT2D eigenvalue weighted by atomic mass is 10.1. The van der Waals surface area contributed by atoms with Gasteiger partial charge < -0.3 is 19.5 Å². The molecule has 0 fully saturated rings. The molecule has 0 heterocycles. The highest BCUT2D eigenvalue weighted by Gasteiger charge is 2.11. The van der Waals surface area contributed by atoms with Gasteiger partial charge in [-0.2, -0.15) is 0 Å². The van der Waals surface area contributed by atoms with Crippen molar-refractivity contribution in [3.63, 3.8) is 0 Å². The summed E-state index contributed by atoms with van der Waals surface area (Å²) in [5.74, 6) is 0.607. The van der Waals surface area contributed by atoms with E-state index in [4.69, 9.17) is 14.2 Å². The molecule has 1 amide bonds. The zero-order valence-electron chi connectivity index (χ0n) is 17.3. The number of Topliss-reactive ketones (excluding diaryl/α,β-unsaturated/α-hetero) is 1. The molecule has 2 aromatic carbocycles. The van der Waals surface area contributed by atoms with E-state index in [1.54, 1.807) is 55.6 Å². The minimum Gasteiger partial charge on any atom is -0.497 e. The highest BCUT2D eigenvalue weighted by Crippen LogP contribution is 2.17. The first-order valence-corrected chi connectivity index (χ1v) is 9.87. The monoisotopic (exact) mass is 413 g/mol. The summed E-state index contributed by atoms with van der Waals surface area (Å²) in [6.07, 6.45) is 1.85. The van der Waals surface area contributed by atoms with Crippen LogP contribution in [-0.2, 0) is 14.3 Å². The molecule has 0 saturated carbocycles. The summed E-state index contributed by atoms with van der Waals surface area (Å²) in [4.78, 5) is 35.5. The molecule has 0 atom stereocenters. The van der Waals surface area contributed by atoms with Crippen molar-refractivity contribution >= 4 is 23.3 Å². The van der Waals surface area contributed by atoms with E-state index in [1.165, 1.54) is 0 Å². The van der Waals surface area contributed by atoms with Gasteiger partial charge in [0.15, 0.2) is 12.4 Å². The number of benzene rings is 2. The number of esters is 1. The van der Waals surface area contributed by atoms with Crippen molar-refractivity contribution in [2.24, 2.45) is 0 Å². The second kappa shape index (κ2) is 12.3. The molecule has 0 radical (unpaired) electrons. The van der Waals surface area contributed by atoms with E-state index in [0.717, 1.165) is 12.2 Å². The molecular formula is C23H27NO6. The van der Waals surface area contributed by atoms with Crippen LogP contribution in [0.5, 0.6) is 11.5 Å². The van der Waals surface area contributed by atoms with E-state index in [-0.39, 0.29) is 24.7 Å². The van der Waals surface area contributed by atoms with Gasteiger partial charge in [0.25, 0.3) is 0 Å². The number of rotatable bonds is 12. The van der Waals surface area contributed by atoms with Crippen molar-refractivity contribution in [3.05, 3.63) is 54.1 Å². The maximum absolute atomic E-state index is 12.2. The van der Waals surface area contributed by atoms with Crippen LogP contribution in [0.15, 0.2) is 48.5 Å². The van der Waals surface area contributed by atoms with E-state index in [2.05, 4.69) is 5.32 Å². The van der Waals surface area contributed by atoms with Gasteiger partial charge in [0.1, 0.15) is 11.5 Å². The first kappa shape index (κ1) is 22.9. The van der Waals surface area contributed by atoms with E-state index in [9.17, 15) is 14.4 Å². The Morgan fingerprint density at radius 2 is 1.57 bits per heavy atom. The molecule has 0 saturated heterocycles. The van der Waals surface area contributed by atoms with Crippen molar-refractivity contribution in [2.75, 3.05) is 25.6 Å². The minimum absolute atomic E-state index is 0.0681. The summed E-state index contributed by atoms with van der Waals surface area (Å²) >= 11 is 0. The summed E-state index contributed by atoms with van der Waals surface area (Å²) in [5.41, 5.74) is 1.04. The molecule has 2 rings (SSSR count). The Balaban J connectivity index is 1.66. The molecule has 7 nitrogen and oxygen atoms in total. The molecule has 0 aliphatic heterocycles. The highest BCUT2D eigenvalue weighted by molar-refractivity contribution is 5.98. The third-order valence-corrected chi connectivity index (χ3v) is 4.19. The smallest absolute Gasteiger partial charge is 0.306 e. The highest BCUT2D eigenvalue weighted by atomic mass is 16.5. The van der Waals surface area contributed by atoms with E-state index in [1.807, 2.05) is 6.92 Å². The first-order valence-electron chi connectivity index (χ1n) is 9.87. The molecule has 0 unspecified atom stereocenters. The molecular weight excluding hydrogens is 386 g/mol. The van der Waals surface area contributed by atoms with Crippen molar-refractivity contribution in [1.29, 1.82) is 0 Å². The lowest BCUT2D eigenvalue weighted by Gasteiger charge is -2.08. The number of ketones is 1. The Hall–Kier alpha value is -3.35. The van der Waals surface area contributed by atoms with Gasteiger partial charge in [-0.15, -0.1) is 0 Å². The average molecular weight is 413 g/mol. The number of ether oxygens (including phenoxy) is 3. The molecule has 7 heteroatoms. The zero-order valence-corrected chi connectivity index (χ0v) is 17.3. The zero-order chi connectivity index (χ0) is 21.8. The number of hydrogen-bond acceptors (Lipinski definition) is 6. The number of nitrogens with one attached hydrogen (secondary N) is 1. The van der Waals surface area contributed by atoms with Crippen LogP contribution in [0, 0.1) is 0 Å². The lowest BCUT2D eigenvalue weighted by Crippen LogP contribution is -2.15. The normalized spacial score (nSPS) is 10.2. The first-order chi connectivity index (χ1) is 14.5. The molecule has 30 heavy (non-hydrogen) atoms. The van der Waals surface area contributed by atoms with Crippen LogP contribution in [0.4, 0.5) is 5.69 Å². The van der Waals surface area contributed by atoms with E-state index >= 15 is 0 Å². The predicted octanol–water partition coefficient (Wildman–Crippen LogP) is 4.02. The molecule has 0 spiro atoms. The van der Waals surface area contributed by atoms with Gasteiger partial charge in [0, 0.05) is 24.1 Å². The van der Waals surface area contributed by atoms with Crippen molar-refractivity contribution < 1.29 is 28.6 Å². The van der Waals surface area contributed by atoms with Crippen LogP contribution < -0.4 is 14.8 Å². The fourth-order valence-corrected chi connectivity index (χ4v) is 2.57. The van der Waals surface area contributed by atoms with Gasteiger partial charge in [-0.25, -0.2) is 0 Å². The molecule has 0 aliphatic rings. The van der Waals surface area contributed by atoms with Crippen molar-refractivity contribution in [3.8, 4) is 11.5 Å². The van der Waals surface area contributed by atoms with Crippen molar-refractivity contribution in [1.82, 2.24) is 0 Å². The number of amides is 1. The van der Waals surface area contributed by atoms with Crippen LogP contribution >= 0.6 is 0 Å². The molecule has 0 aromatic heterocycles. The Kier molecular flexibility index (Phi) is 9.37. The molecule has 0 bridgehead atoms. The SMILES string of the molecule is CCCC(=O)Nc1ccc(C(=O)COC(=O)CCCOc2ccc(OC)cc2)cc1. The Morgan fingerprint density at radius 3 is 2.20 bits per heavy atom.